The minimum atomic E-state index is 0. The second-order valence-electron chi connectivity index (χ2n) is 1.97. The van der Waals surface area contributed by atoms with Crippen LogP contribution < -0.4 is 0 Å². The first kappa shape index (κ1) is 8.12. The molecule has 0 atom stereocenters. The Kier molecular flexibility index (Phi) is 2.18. The molecule has 1 N–H and O–H groups in total. The smallest absolute Gasteiger partial charge is 0.130 e. The topological polar surface area (TPSA) is 50.9 Å². The van der Waals surface area contributed by atoms with Crippen LogP contribution in [-0.2, 0) is 0 Å². The predicted octanol–water partition coefficient (Wildman–Crippen LogP) is 0.288. The minimum absolute atomic E-state index is 0. The fourth-order valence-electron chi connectivity index (χ4n) is 0.857. The van der Waals surface area contributed by atoms with Crippen LogP contribution >= 0.6 is 0 Å². The van der Waals surface area contributed by atoms with E-state index >= 15 is 0 Å². The molecular weight excluding hydrogens is 137 g/mol. The van der Waals surface area contributed by atoms with E-state index in [0.29, 0.717) is 11.0 Å². The Labute approximate surface area is 75.0 Å². The number of para-hydroxylation sites is 1. The Balaban J connectivity index is 0.000000605. The third-order valence-corrected chi connectivity index (χ3v) is 1.33. The molecule has 0 amide bonds. The van der Waals surface area contributed by atoms with Gasteiger partial charge in [0, 0.05) is 18.9 Å². The van der Waals surface area contributed by atoms with Gasteiger partial charge in [-0.25, -0.2) is 0 Å². The van der Waals surface area contributed by atoms with Crippen LogP contribution in [0.3, 0.4) is 0 Å². The summed E-state index contributed by atoms with van der Waals surface area (Å²) in [4.78, 5) is 0.759. The molecule has 0 aliphatic rings. The molecule has 0 spiro atoms. The van der Waals surface area contributed by atoms with Crippen LogP contribution in [-0.4, -0.2) is 39.2 Å². The number of hydrogen-bond acceptors (Lipinski definition) is 3. The van der Waals surface area contributed by atoms with Crippen molar-refractivity contribution in [2.24, 2.45) is 0 Å². The van der Waals surface area contributed by atoms with Crippen LogP contribution in [0.2, 0.25) is 0 Å². The van der Waals surface area contributed by atoms with E-state index in [9.17, 15) is 0 Å². The van der Waals surface area contributed by atoms with Crippen molar-refractivity contribution < 1.29 is 5.21 Å². The molecule has 0 bridgehead atoms. The van der Waals surface area contributed by atoms with E-state index in [1.165, 1.54) is 0 Å². The van der Waals surface area contributed by atoms with E-state index in [1.54, 1.807) is 12.1 Å². The summed E-state index contributed by atoms with van der Waals surface area (Å²) in [5.74, 6) is 0. The summed E-state index contributed by atoms with van der Waals surface area (Å²) in [5.41, 5.74) is 1.33. The van der Waals surface area contributed by atoms with E-state index in [0.717, 1.165) is 4.85 Å². The molecule has 1 aromatic carbocycles. The molecule has 4 nitrogen and oxygen atoms in total. The first-order valence-corrected chi connectivity index (χ1v) is 2.87. The molecule has 5 heteroatoms. The molecule has 1 aromatic heterocycles. The zero-order valence-corrected chi connectivity index (χ0v) is 6.10. The number of rotatable bonds is 0. The van der Waals surface area contributed by atoms with Gasteiger partial charge in [-0.2, -0.15) is 0 Å². The quantitative estimate of drug-likeness (QED) is 0.424. The molecule has 0 aliphatic heterocycles. The van der Waals surface area contributed by atoms with Crippen LogP contribution in [0, 0.1) is 0 Å². The monoisotopic (exact) mass is 142 g/mol. The maximum Gasteiger partial charge on any atom is 0.130 e. The Morgan fingerprint density at radius 3 is 2.73 bits per heavy atom. The van der Waals surface area contributed by atoms with Crippen molar-refractivity contribution in [1.29, 1.82) is 0 Å². The second kappa shape index (κ2) is 2.95. The van der Waals surface area contributed by atoms with E-state index in [4.69, 9.17) is 5.21 Å². The zero-order chi connectivity index (χ0) is 6.97. The maximum atomic E-state index is 8.95. The Morgan fingerprint density at radius 2 is 2.00 bits per heavy atom. The standard InChI is InChI=1S/C6H5N3O.Li/c10-9-6-4-2-1-3-5(6)7-8-9;/h1-4,10H;. The fourth-order valence-corrected chi connectivity index (χ4v) is 0.857. The number of nitrogens with zero attached hydrogens (tertiary/aromatic N) is 3. The summed E-state index contributed by atoms with van der Waals surface area (Å²) >= 11 is 0. The summed E-state index contributed by atoms with van der Waals surface area (Å²) in [6.45, 7) is 0. The number of hydrogen-bond donors (Lipinski definition) is 1. The van der Waals surface area contributed by atoms with E-state index in [-0.39, 0.29) is 18.9 Å². The van der Waals surface area contributed by atoms with Crippen LogP contribution in [0.1, 0.15) is 0 Å². The molecule has 0 unspecified atom stereocenters. The number of aromatic nitrogens is 3. The zero-order valence-electron chi connectivity index (χ0n) is 6.10. The average Bonchev–Trinajstić information content (AvgIpc) is 2.34. The van der Waals surface area contributed by atoms with Gasteiger partial charge >= 0.3 is 0 Å². The average molecular weight is 142 g/mol. The van der Waals surface area contributed by atoms with Crippen molar-refractivity contribution in [3.05, 3.63) is 24.3 Å². The number of fused-ring (bicyclic) bond motifs is 1. The summed E-state index contributed by atoms with van der Waals surface area (Å²) in [6, 6.07) is 7.19. The molecule has 2 rings (SSSR count). The van der Waals surface area contributed by atoms with Crippen molar-refractivity contribution in [3.63, 3.8) is 0 Å². The summed E-state index contributed by atoms with van der Waals surface area (Å²) in [6.07, 6.45) is 0. The SMILES string of the molecule is On1nnc2ccccc21.[Li]. The first-order chi connectivity index (χ1) is 4.88. The molecule has 0 saturated heterocycles. The van der Waals surface area contributed by atoms with Gasteiger partial charge in [-0.05, 0) is 17.3 Å². The van der Waals surface area contributed by atoms with E-state index in [2.05, 4.69) is 10.3 Å². The van der Waals surface area contributed by atoms with Crippen LogP contribution in [0.5, 0.6) is 0 Å². The van der Waals surface area contributed by atoms with Crippen molar-refractivity contribution >= 4 is 29.9 Å². The largest absolute Gasteiger partial charge is 0.410 e. The Morgan fingerprint density at radius 1 is 1.27 bits per heavy atom. The van der Waals surface area contributed by atoms with E-state index < -0.39 is 0 Å². The van der Waals surface area contributed by atoms with Gasteiger partial charge in [-0.3, -0.25) is 0 Å². The van der Waals surface area contributed by atoms with Crippen LogP contribution in [0.25, 0.3) is 11.0 Å². The predicted molar refractivity (Wildman–Crippen MR) is 40.5 cm³/mol. The van der Waals surface area contributed by atoms with E-state index in [1.807, 2.05) is 12.1 Å². The molecule has 0 fully saturated rings. The van der Waals surface area contributed by atoms with Gasteiger partial charge in [0.2, 0.25) is 0 Å². The second-order valence-corrected chi connectivity index (χ2v) is 1.97. The molecule has 1 heterocycles. The van der Waals surface area contributed by atoms with Crippen LogP contribution in [0.4, 0.5) is 0 Å². The normalized spacial score (nSPS) is 9.45. The molecule has 0 saturated carbocycles. The van der Waals surface area contributed by atoms with Gasteiger partial charge in [0.25, 0.3) is 0 Å². The van der Waals surface area contributed by atoms with Gasteiger partial charge in [-0.15, -0.1) is 5.10 Å². The molecular formula is C6H5LiN3O. The molecule has 11 heavy (non-hydrogen) atoms. The minimum Gasteiger partial charge on any atom is -0.410 e. The van der Waals surface area contributed by atoms with Crippen molar-refractivity contribution in [2.75, 3.05) is 0 Å². The van der Waals surface area contributed by atoms with Gasteiger partial charge in [0.15, 0.2) is 0 Å². The third-order valence-electron chi connectivity index (χ3n) is 1.33. The molecule has 0 aliphatic carbocycles. The van der Waals surface area contributed by atoms with Crippen molar-refractivity contribution in [2.45, 2.75) is 0 Å². The van der Waals surface area contributed by atoms with Crippen molar-refractivity contribution in [1.82, 2.24) is 15.2 Å². The maximum absolute atomic E-state index is 8.95. The Hall–Kier alpha value is -0.983. The summed E-state index contributed by atoms with van der Waals surface area (Å²) < 4.78 is 0. The van der Waals surface area contributed by atoms with Crippen molar-refractivity contribution in [3.8, 4) is 0 Å². The molecule has 2 aromatic rings. The first-order valence-electron chi connectivity index (χ1n) is 2.87. The molecule has 1 radical (unpaired) electrons. The fraction of sp³-hybridized carbons (Fsp3) is 0. The van der Waals surface area contributed by atoms with Gasteiger partial charge in [0.1, 0.15) is 11.0 Å². The number of benzene rings is 1. The van der Waals surface area contributed by atoms with Crippen LogP contribution in [0.15, 0.2) is 24.3 Å². The summed E-state index contributed by atoms with van der Waals surface area (Å²) in [7, 11) is 0. The Bertz CT molecular complexity index is 359. The van der Waals surface area contributed by atoms with Gasteiger partial charge in [0.05, 0.1) is 0 Å². The van der Waals surface area contributed by atoms with Gasteiger partial charge in [-0.1, -0.05) is 17.0 Å². The van der Waals surface area contributed by atoms with Gasteiger partial charge < -0.3 is 5.21 Å². The molecule has 51 valence electrons. The third kappa shape index (κ3) is 1.23. The summed E-state index contributed by atoms with van der Waals surface area (Å²) in [5, 5.41) is 16.1.